The highest BCUT2D eigenvalue weighted by Gasteiger charge is 2.47. The minimum absolute atomic E-state index is 0.0278. The van der Waals surface area contributed by atoms with Gasteiger partial charge in [0.15, 0.2) is 69.6 Å². The van der Waals surface area contributed by atoms with Crippen LogP contribution in [-0.2, 0) is 37.9 Å². The van der Waals surface area contributed by atoms with Crippen molar-refractivity contribution in [3.63, 3.8) is 0 Å². The first-order chi connectivity index (χ1) is 48.1. The second kappa shape index (κ2) is 32.5. The first-order valence-electron chi connectivity index (χ1n) is 31.5. The van der Waals surface area contributed by atoms with Gasteiger partial charge in [0.25, 0.3) is 0 Å². The van der Waals surface area contributed by atoms with Crippen LogP contribution in [-0.4, -0.2) is 265 Å². The number of hydrogen-bond donors (Lipinski definition) is 15. The monoisotopic (exact) mass is 1480 g/mol. The van der Waals surface area contributed by atoms with Crippen LogP contribution >= 0.6 is 11.6 Å². The van der Waals surface area contributed by atoms with E-state index in [1.165, 1.54) is 46.7 Å². The van der Waals surface area contributed by atoms with Gasteiger partial charge in [-0.05, 0) is 101 Å². The van der Waals surface area contributed by atoms with Crippen LogP contribution in [0, 0.1) is 6.08 Å². The summed E-state index contributed by atoms with van der Waals surface area (Å²) in [6.45, 7) is 18.7. The average Bonchev–Trinajstić information content (AvgIpc) is 1.64. The van der Waals surface area contributed by atoms with Crippen molar-refractivity contribution < 1.29 is 118 Å². The lowest BCUT2D eigenvalue weighted by atomic mass is 10.1. The molecule has 15 atom stereocenters. The van der Waals surface area contributed by atoms with E-state index in [2.05, 4.69) is 71.1 Å². The molecule has 42 nitrogen and oxygen atoms in total. The molecule has 0 aromatic carbocycles. The third-order valence-electron chi connectivity index (χ3n) is 14.5. The molecule has 7 aromatic heterocycles. The Morgan fingerprint density at radius 2 is 0.874 bits per heavy atom. The van der Waals surface area contributed by atoms with E-state index in [1.54, 1.807) is 87.7 Å². The topological polar surface area (TPSA) is 578 Å². The standard InChI is InChI=1S/C15H20ClN5O5.C15H20FN5O6.C15H21N5O6.C14H21N3O7/c1-15(2,3)26-14(24)19-11-10-12(20-13(16)18-11)21(6-17-10)9-4-7(23)8(5-22)25-9;1-15(2,3)27-14(25)19-10-7-11(20-13(16)18-10)21(5-17-7)12-9(24)8(23)6(4-22)26-12;1-15(2,3)26-14(24)19-11-8-12(17-5-16-11)20(6-18-8)13-10(23)9(22)7(4-21)25-13;1-14(2,3)24-13(22)16-8-4-5-17(12(21)15-8)11-10(20)9(19)7(6-18)23-11/h6-9,22-23H,4-5H2,1-3H3,(H,18,19,20,24);5-6,8-9,12,22-24H,4H2,1-3H3,(H,18,19,20,25);5-7,9-10,13,21-23H,4H2,1-3H3,(H,16,17,19,24);4-5,7,9-11,18-20H,6H2,1-3H3,(H,15,16,21,22)/t7?,8-,9-;6-,8?,9-,12-;7-,9?,10-,13-;7-,9?,10-,11-/m1111/s1. The van der Waals surface area contributed by atoms with Gasteiger partial charge in [-0.1, -0.05) is 0 Å². The van der Waals surface area contributed by atoms with Crippen molar-refractivity contribution in [2.24, 2.45) is 0 Å². The summed E-state index contributed by atoms with van der Waals surface area (Å²) in [7, 11) is 0. The van der Waals surface area contributed by atoms with E-state index in [1.807, 2.05) is 0 Å². The van der Waals surface area contributed by atoms with Crippen LogP contribution in [0.3, 0.4) is 0 Å². The number of hydrogen-bond acceptors (Lipinski definition) is 34. The van der Waals surface area contributed by atoms with E-state index >= 15 is 0 Å². The fourth-order valence-electron chi connectivity index (χ4n) is 10.1. The molecule has 4 fully saturated rings. The number of nitrogens with zero attached hydrogens (tertiary/aromatic N) is 14. The van der Waals surface area contributed by atoms with Crippen molar-refractivity contribution in [2.75, 3.05) is 47.7 Å². The molecule has 4 aliphatic heterocycles. The molecular formula is C59H82ClFN18O24. The zero-order chi connectivity index (χ0) is 76.1. The van der Waals surface area contributed by atoms with Gasteiger partial charge < -0.3 is 94.1 Å². The van der Waals surface area contributed by atoms with Crippen LogP contribution in [0.1, 0.15) is 114 Å². The van der Waals surface area contributed by atoms with Crippen molar-refractivity contribution in [1.82, 2.24) is 68.1 Å². The number of nitrogens with one attached hydrogen (secondary N) is 4. The minimum atomic E-state index is -1.40. The lowest BCUT2D eigenvalue weighted by Gasteiger charge is -2.20. The Kier molecular flexibility index (Phi) is 25.2. The fourth-order valence-corrected chi connectivity index (χ4v) is 10.3. The third kappa shape index (κ3) is 19.9. The molecule has 0 bridgehead atoms. The maximum absolute atomic E-state index is 13.9. The van der Waals surface area contributed by atoms with Gasteiger partial charge >= 0.3 is 36.1 Å². The predicted octanol–water partition coefficient (Wildman–Crippen LogP) is 0.378. The maximum atomic E-state index is 13.9. The second-order valence-electron chi connectivity index (χ2n) is 27.2. The number of aliphatic hydroxyl groups is 11. The van der Waals surface area contributed by atoms with Gasteiger partial charge in [-0.3, -0.25) is 39.5 Å². The molecule has 4 saturated heterocycles. The molecule has 0 saturated carbocycles. The zero-order valence-electron chi connectivity index (χ0n) is 57.4. The van der Waals surface area contributed by atoms with E-state index < -0.39 is 170 Å². The van der Waals surface area contributed by atoms with Crippen molar-refractivity contribution in [3.8, 4) is 0 Å². The Morgan fingerprint density at radius 1 is 0.485 bits per heavy atom. The van der Waals surface area contributed by atoms with Crippen LogP contribution in [0.5, 0.6) is 0 Å². The average molecular weight is 1480 g/mol. The van der Waals surface area contributed by atoms with Gasteiger partial charge in [-0.25, -0.2) is 48.9 Å². The first kappa shape index (κ1) is 79.9. The van der Waals surface area contributed by atoms with Gasteiger partial charge in [0.05, 0.1) is 51.5 Å². The Morgan fingerprint density at radius 3 is 1.29 bits per heavy atom. The van der Waals surface area contributed by atoms with Crippen LogP contribution < -0.4 is 27.0 Å². The normalized spacial score (nSPS) is 25.6. The molecule has 0 radical (unpaired) electrons. The number of rotatable bonds is 12. The number of imidazole rings is 3. The highest BCUT2D eigenvalue weighted by atomic mass is 35.5. The summed E-state index contributed by atoms with van der Waals surface area (Å²) in [6.07, 6.45) is -13.8. The number of amides is 4. The van der Waals surface area contributed by atoms with Crippen molar-refractivity contribution in [1.29, 1.82) is 0 Å². The van der Waals surface area contributed by atoms with Crippen LogP contribution in [0.2, 0.25) is 5.28 Å². The maximum Gasteiger partial charge on any atom is 0.413 e. The summed E-state index contributed by atoms with van der Waals surface area (Å²) < 4.78 is 61.3. The van der Waals surface area contributed by atoms with Crippen LogP contribution in [0.15, 0.2) is 42.4 Å². The van der Waals surface area contributed by atoms with E-state index in [4.69, 9.17) is 54.6 Å². The minimum Gasteiger partial charge on any atom is -0.444 e. The smallest absolute Gasteiger partial charge is 0.413 e. The summed E-state index contributed by atoms with van der Waals surface area (Å²) in [6, 6.07) is 1.32. The SMILES string of the molecule is CC(C)(C)OC(=O)Nc1ccn([C@@H]2O[C@H](CO)C(O)[C@H]2O)c(=O)n1.CC(C)(C)OC(=O)Nc1nc(Cl)nc2c1ncn2[C@H]1CC(O)[C@@H](CO)O1.CC(C)(C)OC(=O)Nc1nc(F)nc2c1ncn2[C@@H]1O[C@H](CO)C(O)[C@H]1O.CC(C)(C)OC(=O)Nc1ncnc2c1ncn2[C@@H]1O[C@H](CO)C(O)[C@H]1O. The van der Waals surface area contributed by atoms with Crippen LogP contribution in [0.4, 0.5) is 46.8 Å². The number of ether oxygens (including phenoxy) is 8. The molecule has 4 unspecified atom stereocenters. The quantitative estimate of drug-likeness (QED) is 0.0581. The van der Waals surface area contributed by atoms with E-state index in [-0.39, 0.29) is 63.9 Å². The molecular weight excluding hydrogens is 1400 g/mol. The molecule has 11 rings (SSSR count). The van der Waals surface area contributed by atoms with Gasteiger partial charge in [0.1, 0.15) is 102 Å². The number of halogens is 2. The van der Waals surface area contributed by atoms with Crippen molar-refractivity contribution >= 4 is 92.7 Å². The fraction of sp³-hybridized carbons (Fsp3) is 0.610. The molecule has 103 heavy (non-hydrogen) atoms. The van der Waals surface area contributed by atoms with Gasteiger partial charge in [0.2, 0.25) is 5.28 Å². The van der Waals surface area contributed by atoms with Gasteiger partial charge in [0, 0.05) is 12.6 Å². The molecule has 4 amide bonds. The van der Waals surface area contributed by atoms with Crippen molar-refractivity contribution in [3.05, 3.63) is 59.4 Å². The predicted molar refractivity (Wildman–Crippen MR) is 350 cm³/mol. The first-order valence-corrected chi connectivity index (χ1v) is 31.9. The highest BCUT2D eigenvalue weighted by molar-refractivity contribution is 6.28. The summed E-state index contributed by atoms with van der Waals surface area (Å²) in [4.78, 5) is 99.1. The summed E-state index contributed by atoms with van der Waals surface area (Å²) in [5, 5.41) is 116. The Balaban J connectivity index is 0.000000174. The molecule has 7 aromatic rings. The number of aliphatic hydroxyl groups excluding tert-OH is 11. The van der Waals surface area contributed by atoms with Crippen molar-refractivity contribution in [2.45, 2.75) is 204 Å². The lowest BCUT2D eigenvalue weighted by molar-refractivity contribution is -0.0549. The van der Waals surface area contributed by atoms with Gasteiger partial charge in [-0.15, -0.1) is 0 Å². The molecule has 11 heterocycles. The Labute approximate surface area is 587 Å². The summed E-state index contributed by atoms with van der Waals surface area (Å²) in [5.74, 6) is -0.0190. The zero-order valence-corrected chi connectivity index (χ0v) is 58.2. The van der Waals surface area contributed by atoms with E-state index in [9.17, 15) is 79.4 Å². The molecule has 0 spiro atoms. The van der Waals surface area contributed by atoms with E-state index in [0.29, 0.717) is 11.2 Å². The highest BCUT2D eigenvalue weighted by Crippen LogP contribution is 2.36. The molecule has 44 heteroatoms. The summed E-state index contributed by atoms with van der Waals surface area (Å²) in [5.41, 5.74) is -2.52. The van der Waals surface area contributed by atoms with Crippen LogP contribution in [0.25, 0.3) is 33.5 Å². The number of fused-ring (bicyclic) bond motifs is 3. The number of carbonyl (C=O) groups is 4. The molecule has 566 valence electrons. The van der Waals surface area contributed by atoms with Gasteiger partial charge in [-0.2, -0.15) is 29.3 Å². The number of carbonyl (C=O) groups excluding carboxylic acids is 4. The molecule has 15 N–H and O–H groups in total. The summed E-state index contributed by atoms with van der Waals surface area (Å²) >= 11 is 5.97. The lowest BCUT2D eigenvalue weighted by Crippen LogP contribution is -2.36. The Hall–Kier alpha value is -8.77. The molecule has 0 aliphatic carbocycles. The number of anilines is 4. The molecule has 4 aliphatic rings. The Bertz CT molecular complexity index is 4180. The second-order valence-corrected chi connectivity index (χ2v) is 27.5. The number of aromatic nitrogens is 14. The van der Waals surface area contributed by atoms with E-state index in [0.717, 1.165) is 4.57 Å². The largest absolute Gasteiger partial charge is 0.444 e. The third-order valence-corrected chi connectivity index (χ3v) is 14.7.